The molecule has 1 aliphatic rings. The molecule has 3 aromatic rings. The summed E-state index contributed by atoms with van der Waals surface area (Å²) in [5.41, 5.74) is 6.08. The van der Waals surface area contributed by atoms with E-state index < -0.39 is 17.8 Å². The minimum absolute atomic E-state index is 0.0699. The highest BCUT2D eigenvalue weighted by Crippen LogP contribution is 2.28. The van der Waals surface area contributed by atoms with Crippen LogP contribution in [0.4, 0.5) is 10.5 Å². The summed E-state index contributed by atoms with van der Waals surface area (Å²) in [5.74, 6) is -1.32. The zero-order valence-electron chi connectivity index (χ0n) is 18.9. The predicted molar refractivity (Wildman–Crippen MR) is 138 cm³/mol. The molecule has 0 saturated carbocycles. The summed E-state index contributed by atoms with van der Waals surface area (Å²) in [7, 11) is 0. The Hall–Kier alpha value is -3.20. The molecule has 0 unspecified atom stereocenters. The van der Waals surface area contributed by atoms with Crippen molar-refractivity contribution in [2.24, 2.45) is 0 Å². The Morgan fingerprint density at radius 2 is 1.73 bits per heavy atom. The second-order valence-corrected chi connectivity index (χ2v) is 9.20. The monoisotopic (exact) mass is 553 g/mol. The molecule has 4 amide bonds. The first-order valence-electron chi connectivity index (χ1n) is 10.7. The van der Waals surface area contributed by atoms with Crippen molar-refractivity contribution in [3.05, 3.63) is 85.8 Å². The molecule has 168 valence electrons. The van der Waals surface area contributed by atoms with Gasteiger partial charge in [0.05, 0.1) is 5.69 Å². The van der Waals surface area contributed by atoms with Crippen molar-refractivity contribution in [1.82, 2.24) is 9.88 Å². The molecule has 33 heavy (non-hydrogen) atoms. The number of benzene rings is 2. The first kappa shape index (κ1) is 23.0. The molecule has 6 nitrogen and oxygen atoms in total. The van der Waals surface area contributed by atoms with Gasteiger partial charge in [-0.1, -0.05) is 25.1 Å². The quantitative estimate of drug-likeness (QED) is 0.273. The molecule has 1 saturated heterocycles. The molecule has 1 N–H and O–H groups in total. The van der Waals surface area contributed by atoms with Crippen molar-refractivity contribution in [1.29, 1.82) is 0 Å². The highest BCUT2D eigenvalue weighted by Gasteiger charge is 2.37. The number of carbonyl (C=O) groups excluding carboxylic acids is 3. The van der Waals surface area contributed by atoms with Crippen LogP contribution in [0.1, 0.15) is 35.0 Å². The summed E-state index contributed by atoms with van der Waals surface area (Å²) >= 11 is 2.30. The normalized spacial score (nSPS) is 15.4. The molecule has 7 heteroatoms. The molecule has 0 bridgehead atoms. The second kappa shape index (κ2) is 8.97. The number of imide groups is 2. The number of para-hydroxylation sites is 1. The number of nitrogens with one attached hydrogen (secondary N) is 1. The van der Waals surface area contributed by atoms with Crippen LogP contribution in [0, 0.1) is 24.3 Å². The number of rotatable bonds is 4. The van der Waals surface area contributed by atoms with Crippen molar-refractivity contribution in [3.8, 4) is 5.69 Å². The highest BCUT2D eigenvalue weighted by molar-refractivity contribution is 14.1. The summed E-state index contributed by atoms with van der Waals surface area (Å²) in [6.07, 6.45) is 2.22. The first-order chi connectivity index (χ1) is 15.7. The number of hydrogen-bond donors (Lipinski definition) is 1. The third-order valence-electron chi connectivity index (χ3n) is 5.88. The Morgan fingerprint density at radius 1 is 1.00 bits per heavy atom. The average molecular weight is 553 g/mol. The number of amides is 4. The van der Waals surface area contributed by atoms with Gasteiger partial charge in [0.15, 0.2) is 0 Å². The Balaban J connectivity index is 1.78. The van der Waals surface area contributed by atoms with Crippen LogP contribution >= 0.6 is 22.6 Å². The zero-order valence-corrected chi connectivity index (χ0v) is 21.1. The van der Waals surface area contributed by atoms with Gasteiger partial charge in [0, 0.05) is 20.6 Å². The van der Waals surface area contributed by atoms with Crippen LogP contribution in [0.3, 0.4) is 0 Å². The third kappa shape index (κ3) is 4.13. The van der Waals surface area contributed by atoms with Crippen LogP contribution in [0.5, 0.6) is 0 Å². The maximum absolute atomic E-state index is 13.3. The second-order valence-electron chi connectivity index (χ2n) is 8.04. The highest BCUT2D eigenvalue weighted by atomic mass is 127. The van der Waals surface area contributed by atoms with Crippen molar-refractivity contribution < 1.29 is 14.4 Å². The minimum Gasteiger partial charge on any atom is -0.318 e. The van der Waals surface area contributed by atoms with Gasteiger partial charge in [-0.3, -0.25) is 14.9 Å². The molecule has 1 aromatic heterocycles. The van der Waals surface area contributed by atoms with Crippen LogP contribution in [0.2, 0.25) is 0 Å². The number of urea groups is 1. The third-order valence-corrected chi connectivity index (χ3v) is 7.10. The summed E-state index contributed by atoms with van der Waals surface area (Å²) in [6.45, 7) is 7.95. The molecule has 0 atom stereocenters. The summed E-state index contributed by atoms with van der Waals surface area (Å²) < 4.78 is 3.28. The molecule has 0 spiro atoms. The maximum Gasteiger partial charge on any atom is 0.335 e. The summed E-state index contributed by atoms with van der Waals surface area (Å²) in [5, 5.41) is 2.32. The number of anilines is 1. The van der Waals surface area contributed by atoms with E-state index in [1.165, 1.54) is 9.13 Å². The van der Waals surface area contributed by atoms with Crippen molar-refractivity contribution in [2.45, 2.75) is 34.1 Å². The fraction of sp³-hybridized carbons (Fsp3) is 0.192. The fourth-order valence-electron chi connectivity index (χ4n) is 4.16. The van der Waals surface area contributed by atoms with Crippen LogP contribution in [-0.2, 0) is 16.0 Å². The molecular weight excluding hydrogens is 529 g/mol. The molecule has 1 fully saturated rings. The van der Waals surface area contributed by atoms with Gasteiger partial charge in [-0.15, -0.1) is 0 Å². The van der Waals surface area contributed by atoms with E-state index in [1.807, 2.05) is 45.0 Å². The van der Waals surface area contributed by atoms with Crippen LogP contribution < -0.4 is 10.2 Å². The average Bonchev–Trinajstić information content (AvgIpc) is 3.06. The molecule has 2 aromatic carbocycles. The Bertz CT molecular complexity index is 1340. The van der Waals surface area contributed by atoms with Crippen molar-refractivity contribution in [2.75, 3.05) is 4.90 Å². The lowest BCUT2D eigenvalue weighted by Gasteiger charge is -2.28. The number of nitrogens with zero attached hydrogens (tertiary/aromatic N) is 2. The summed E-state index contributed by atoms with van der Waals surface area (Å²) in [4.78, 5) is 39.6. The lowest BCUT2D eigenvalue weighted by molar-refractivity contribution is -0.122. The largest absolute Gasteiger partial charge is 0.335 e. The van der Waals surface area contributed by atoms with Gasteiger partial charge in [-0.2, -0.15) is 0 Å². The zero-order chi connectivity index (χ0) is 23.9. The molecule has 1 aliphatic heterocycles. The first-order valence-corrected chi connectivity index (χ1v) is 11.8. The lowest BCUT2D eigenvalue weighted by Crippen LogP contribution is -2.54. The van der Waals surface area contributed by atoms with E-state index >= 15 is 0 Å². The van der Waals surface area contributed by atoms with Crippen molar-refractivity contribution >= 4 is 52.2 Å². The van der Waals surface area contributed by atoms with Gasteiger partial charge in [-0.25, -0.2) is 9.69 Å². The van der Waals surface area contributed by atoms with Crippen LogP contribution in [-0.4, -0.2) is 22.4 Å². The Kier molecular flexibility index (Phi) is 6.25. The number of aromatic nitrogens is 1. The summed E-state index contributed by atoms with van der Waals surface area (Å²) in [6, 6.07) is 14.6. The van der Waals surface area contributed by atoms with Crippen molar-refractivity contribution in [3.63, 3.8) is 0 Å². The van der Waals surface area contributed by atoms with E-state index in [0.717, 1.165) is 33.1 Å². The maximum atomic E-state index is 13.3. The SMILES string of the molecule is CCc1ccccc1N1C(=O)NC(=O)C(=Cc2cc(C)n(-c3ccc(I)c(C)c3)c2C)C1=O. The van der Waals surface area contributed by atoms with Gasteiger partial charge in [0.2, 0.25) is 0 Å². The molecule has 4 rings (SSSR count). The predicted octanol–water partition coefficient (Wildman–Crippen LogP) is 5.24. The number of aryl methyl sites for hydroxylation is 3. The standard InChI is InChI=1S/C26H24IN3O3/c1-5-18-8-6-7-9-23(18)30-25(32)21(24(31)28-26(30)33)14-19-13-16(3)29(17(19)4)20-10-11-22(27)15(2)12-20/h6-14H,5H2,1-4H3,(H,28,31,33). The molecule has 2 heterocycles. The Morgan fingerprint density at radius 3 is 2.42 bits per heavy atom. The number of halogens is 1. The Labute approximate surface area is 206 Å². The molecular formula is C26H24IN3O3. The van der Waals surface area contributed by atoms with Gasteiger partial charge >= 0.3 is 6.03 Å². The number of barbiturate groups is 1. The van der Waals surface area contributed by atoms with Gasteiger partial charge < -0.3 is 4.57 Å². The van der Waals surface area contributed by atoms with E-state index in [9.17, 15) is 14.4 Å². The van der Waals surface area contributed by atoms with E-state index in [4.69, 9.17) is 0 Å². The fourth-order valence-corrected chi connectivity index (χ4v) is 4.49. The smallest absolute Gasteiger partial charge is 0.318 e. The lowest BCUT2D eigenvalue weighted by atomic mass is 10.0. The van der Waals surface area contributed by atoms with Gasteiger partial charge in [0.25, 0.3) is 11.8 Å². The van der Waals surface area contributed by atoms with Crippen LogP contribution in [0.25, 0.3) is 11.8 Å². The molecule has 0 aliphatic carbocycles. The van der Waals surface area contributed by atoms with Gasteiger partial charge in [0.1, 0.15) is 5.57 Å². The van der Waals surface area contributed by atoms with E-state index in [1.54, 1.807) is 18.2 Å². The topological polar surface area (TPSA) is 71.4 Å². The number of hydrogen-bond acceptors (Lipinski definition) is 3. The van der Waals surface area contributed by atoms with E-state index in [-0.39, 0.29) is 5.57 Å². The number of carbonyl (C=O) groups is 3. The molecule has 0 radical (unpaired) electrons. The minimum atomic E-state index is -0.733. The van der Waals surface area contributed by atoms with Crippen LogP contribution in [0.15, 0.2) is 54.1 Å². The van der Waals surface area contributed by atoms with Gasteiger partial charge in [-0.05, 0) is 103 Å². The van der Waals surface area contributed by atoms with E-state index in [0.29, 0.717) is 12.1 Å². The van der Waals surface area contributed by atoms with E-state index in [2.05, 4.69) is 51.5 Å².